The average Bonchev–Trinajstić information content (AvgIpc) is 2.93. The Morgan fingerprint density at radius 1 is 1.15 bits per heavy atom. The Hall–Kier alpha value is -1.67. The summed E-state index contributed by atoms with van der Waals surface area (Å²) in [6.45, 7) is 3.63. The quantitative estimate of drug-likeness (QED) is 0.588. The largest absolute Gasteiger partial charge is 0.417 e. The van der Waals surface area contributed by atoms with E-state index >= 15 is 0 Å². The van der Waals surface area contributed by atoms with Crippen molar-refractivity contribution in [3.8, 4) is 0 Å². The number of aromatic amines is 1. The SMILES string of the molecule is CC(C)(CC(O)(Cc1cc2cnccc2[nH]1)C(F)(F)F)C(C)(O)CCCF. The van der Waals surface area contributed by atoms with Gasteiger partial charge in [0.15, 0.2) is 5.60 Å². The number of fused-ring (bicyclic) bond motifs is 1. The summed E-state index contributed by atoms with van der Waals surface area (Å²) in [4.78, 5) is 6.79. The number of alkyl halides is 4. The fraction of sp³-hybridized carbons (Fsp3) is 0.632. The number of nitrogens with zero attached hydrogens (tertiary/aromatic N) is 1. The summed E-state index contributed by atoms with van der Waals surface area (Å²) in [5.74, 6) is 0. The molecule has 152 valence electrons. The van der Waals surface area contributed by atoms with Crippen molar-refractivity contribution < 1.29 is 27.8 Å². The van der Waals surface area contributed by atoms with Gasteiger partial charge in [-0.05, 0) is 43.7 Å². The molecule has 0 aliphatic rings. The van der Waals surface area contributed by atoms with Crippen LogP contribution in [0.15, 0.2) is 24.5 Å². The smallest absolute Gasteiger partial charge is 0.390 e. The third-order valence-corrected chi connectivity index (χ3v) is 5.48. The fourth-order valence-corrected chi connectivity index (χ4v) is 3.38. The Balaban J connectivity index is 2.32. The highest BCUT2D eigenvalue weighted by molar-refractivity contribution is 5.79. The van der Waals surface area contributed by atoms with E-state index in [9.17, 15) is 27.8 Å². The molecule has 8 heteroatoms. The number of H-pyrrole nitrogens is 1. The lowest BCUT2D eigenvalue weighted by molar-refractivity contribution is -0.276. The van der Waals surface area contributed by atoms with Gasteiger partial charge in [-0.3, -0.25) is 9.37 Å². The van der Waals surface area contributed by atoms with Crippen LogP contribution in [-0.4, -0.2) is 44.2 Å². The van der Waals surface area contributed by atoms with E-state index < -0.39 is 42.3 Å². The maximum Gasteiger partial charge on any atom is 0.417 e. The molecule has 2 atom stereocenters. The molecule has 0 spiro atoms. The van der Waals surface area contributed by atoms with Crippen LogP contribution < -0.4 is 0 Å². The second kappa shape index (κ2) is 7.39. The van der Waals surface area contributed by atoms with E-state index in [1.54, 1.807) is 6.07 Å². The molecule has 27 heavy (non-hydrogen) atoms. The van der Waals surface area contributed by atoms with E-state index in [1.165, 1.54) is 39.2 Å². The number of pyridine rings is 1. The van der Waals surface area contributed by atoms with Crippen LogP contribution in [0.5, 0.6) is 0 Å². The van der Waals surface area contributed by atoms with Crippen molar-refractivity contribution >= 4 is 10.9 Å². The molecule has 2 aromatic heterocycles. The van der Waals surface area contributed by atoms with Crippen LogP contribution >= 0.6 is 0 Å². The second-order valence-corrected chi connectivity index (χ2v) is 8.09. The van der Waals surface area contributed by atoms with Crippen molar-refractivity contribution in [3.63, 3.8) is 0 Å². The molecule has 0 fully saturated rings. The van der Waals surface area contributed by atoms with Gasteiger partial charge in [0.05, 0.1) is 12.3 Å². The highest BCUT2D eigenvalue weighted by atomic mass is 19.4. The Bertz CT molecular complexity index is 737. The zero-order valence-corrected chi connectivity index (χ0v) is 15.7. The Morgan fingerprint density at radius 2 is 1.81 bits per heavy atom. The van der Waals surface area contributed by atoms with Crippen LogP contribution in [0.25, 0.3) is 10.9 Å². The first kappa shape index (κ1) is 21.6. The van der Waals surface area contributed by atoms with Crippen molar-refractivity contribution in [2.75, 3.05) is 6.67 Å². The van der Waals surface area contributed by atoms with Gasteiger partial charge in [-0.1, -0.05) is 13.8 Å². The zero-order valence-electron chi connectivity index (χ0n) is 15.7. The van der Waals surface area contributed by atoms with Gasteiger partial charge in [0.25, 0.3) is 0 Å². The predicted molar refractivity (Wildman–Crippen MR) is 95.0 cm³/mol. The molecule has 0 amide bonds. The average molecular weight is 390 g/mol. The topological polar surface area (TPSA) is 69.1 Å². The minimum atomic E-state index is -4.91. The lowest BCUT2D eigenvalue weighted by atomic mass is 9.66. The number of aromatic nitrogens is 2. The first-order chi connectivity index (χ1) is 12.3. The van der Waals surface area contributed by atoms with Crippen molar-refractivity contribution in [1.82, 2.24) is 9.97 Å². The van der Waals surface area contributed by atoms with E-state index in [0.29, 0.717) is 10.9 Å². The van der Waals surface area contributed by atoms with E-state index in [1.807, 2.05) is 0 Å². The van der Waals surface area contributed by atoms with Gasteiger partial charge in [0.2, 0.25) is 0 Å². The van der Waals surface area contributed by atoms with Gasteiger partial charge in [0.1, 0.15) is 0 Å². The fourth-order valence-electron chi connectivity index (χ4n) is 3.38. The van der Waals surface area contributed by atoms with E-state index in [-0.39, 0.29) is 18.5 Å². The Kier molecular flexibility index (Phi) is 5.92. The summed E-state index contributed by atoms with van der Waals surface area (Å²) < 4.78 is 53.9. The summed E-state index contributed by atoms with van der Waals surface area (Å²) in [6.07, 6.45) is -3.24. The number of aliphatic hydroxyl groups is 2. The van der Waals surface area contributed by atoms with Gasteiger partial charge >= 0.3 is 6.18 Å². The van der Waals surface area contributed by atoms with Crippen LogP contribution in [0.2, 0.25) is 0 Å². The minimum Gasteiger partial charge on any atom is -0.390 e. The van der Waals surface area contributed by atoms with Crippen molar-refractivity contribution in [2.45, 2.75) is 63.8 Å². The van der Waals surface area contributed by atoms with Gasteiger partial charge in [0, 0.05) is 35.4 Å². The lowest BCUT2D eigenvalue weighted by Crippen LogP contribution is -2.54. The molecule has 0 aliphatic heterocycles. The van der Waals surface area contributed by atoms with E-state index in [4.69, 9.17) is 0 Å². The summed E-state index contributed by atoms with van der Waals surface area (Å²) in [5.41, 5.74) is -5.08. The van der Waals surface area contributed by atoms with Crippen LogP contribution in [-0.2, 0) is 6.42 Å². The van der Waals surface area contributed by atoms with E-state index in [2.05, 4.69) is 9.97 Å². The van der Waals surface area contributed by atoms with Crippen molar-refractivity contribution in [2.24, 2.45) is 5.41 Å². The van der Waals surface area contributed by atoms with Crippen LogP contribution in [0.1, 0.15) is 45.7 Å². The summed E-state index contributed by atoms with van der Waals surface area (Å²) >= 11 is 0. The van der Waals surface area contributed by atoms with Crippen LogP contribution in [0.3, 0.4) is 0 Å². The maximum absolute atomic E-state index is 13.8. The molecule has 2 rings (SSSR count). The van der Waals surface area contributed by atoms with E-state index in [0.717, 1.165) is 0 Å². The number of hydrogen-bond donors (Lipinski definition) is 3. The van der Waals surface area contributed by atoms with Gasteiger partial charge in [-0.15, -0.1) is 0 Å². The second-order valence-electron chi connectivity index (χ2n) is 8.09. The Morgan fingerprint density at radius 3 is 2.37 bits per heavy atom. The normalized spacial score (nSPS) is 17.7. The first-order valence-electron chi connectivity index (χ1n) is 8.80. The molecule has 0 aromatic carbocycles. The summed E-state index contributed by atoms with van der Waals surface area (Å²) in [7, 11) is 0. The highest BCUT2D eigenvalue weighted by Crippen LogP contribution is 2.47. The monoisotopic (exact) mass is 390 g/mol. The summed E-state index contributed by atoms with van der Waals surface area (Å²) in [6, 6.07) is 3.16. The molecule has 4 nitrogen and oxygen atoms in total. The molecule has 2 heterocycles. The molecule has 3 N–H and O–H groups in total. The zero-order chi connectivity index (χ0) is 20.5. The van der Waals surface area contributed by atoms with Gasteiger partial charge in [-0.2, -0.15) is 13.2 Å². The number of halogens is 4. The van der Waals surface area contributed by atoms with Gasteiger partial charge in [-0.25, -0.2) is 0 Å². The standard InChI is InChI=1S/C19H26F4N2O2/c1-16(2,17(3,26)6-4-7-20)12-18(27,19(21,22)23)10-14-9-13-11-24-8-5-15(13)25-14/h5,8-9,11,25-27H,4,6-7,10,12H2,1-3H3. The van der Waals surface area contributed by atoms with Crippen LogP contribution in [0.4, 0.5) is 17.6 Å². The number of rotatable bonds is 8. The Labute approximate surface area is 155 Å². The van der Waals surface area contributed by atoms with Crippen molar-refractivity contribution in [1.29, 1.82) is 0 Å². The third-order valence-electron chi connectivity index (χ3n) is 5.48. The third kappa shape index (κ3) is 4.60. The molecule has 2 unspecified atom stereocenters. The lowest BCUT2D eigenvalue weighted by Gasteiger charge is -2.45. The maximum atomic E-state index is 13.8. The van der Waals surface area contributed by atoms with Crippen LogP contribution in [0, 0.1) is 5.41 Å². The molecular formula is C19H26F4N2O2. The molecule has 0 aliphatic carbocycles. The highest BCUT2D eigenvalue weighted by Gasteiger charge is 2.58. The number of hydrogen-bond acceptors (Lipinski definition) is 3. The predicted octanol–water partition coefficient (Wildman–Crippen LogP) is 4.32. The molecule has 0 saturated carbocycles. The molecular weight excluding hydrogens is 364 g/mol. The first-order valence-corrected chi connectivity index (χ1v) is 8.80. The molecule has 2 aromatic rings. The number of nitrogens with one attached hydrogen (secondary N) is 1. The molecule has 0 saturated heterocycles. The molecule has 0 bridgehead atoms. The molecule has 0 radical (unpaired) electrons. The minimum absolute atomic E-state index is 0.00247. The van der Waals surface area contributed by atoms with Crippen molar-refractivity contribution in [3.05, 3.63) is 30.2 Å². The van der Waals surface area contributed by atoms with Gasteiger partial charge < -0.3 is 15.2 Å². The summed E-state index contributed by atoms with van der Waals surface area (Å²) in [5, 5.41) is 21.9.